The summed E-state index contributed by atoms with van der Waals surface area (Å²) >= 11 is 0. The van der Waals surface area contributed by atoms with E-state index in [0.717, 1.165) is 17.7 Å². The molecule has 0 amide bonds. The van der Waals surface area contributed by atoms with E-state index in [1.165, 1.54) is 12.1 Å². The van der Waals surface area contributed by atoms with E-state index in [2.05, 4.69) is 0 Å². The number of hydrogen-bond donors (Lipinski definition) is 6. The molecule has 1 unspecified atom stereocenters. The van der Waals surface area contributed by atoms with Gasteiger partial charge in [0.2, 0.25) is 0 Å². The maximum Gasteiger partial charge on any atom is 0.427 e. The Morgan fingerprint density at radius 2 is 1.68 bits per heavy atom. The topological polar surface area (TPSA) is 147 Å². The van der Waals surface area contributed by atoms with Crippen molar-refractivity contribution in [1.82, 2.24) is 0 Å². The lowest BCUT2D eigenvalue weighted by atomic mass is 9.92. The maximum atomic E-state index is 12.6. The molecule has 0 radical (unpaired) electrons. The molecule has 9 heteroatoms. The standard InChI is InChI=1S/C16H18NO7P/c1-9(10-2-4-11(18)5-3-10)6-14(20)16-13(17-25(22,23)24)7-12(19)8-15(16)21/h2-5,7-9,18-19,21H,6H2,1H3,(H3,17,22,23,24). The smallest absolute Gasteiger partial charge is 0.427 e. The van der Waals surface area contributed by atoms with Crippen molar-refractivity contribution in [2.75, 3.05) is 5.09 Å². The number of rotatable bonds is 6. The van der Waals surface area contributed by atoms with Crippen LogP contribution in [0.2, 0.25) is 0 Å². The van der Waals surface area contributed by atoms with Gasteiger partial charge in [-0.1, -0.05) is 19.1 Å². The SMILES string of the molecule is CC(CC(=O)c1c(O)cc(O)cc1NP(=O)(O)O)c1ccc(O)cc1. The molecule has 0 aliphatic carbocycles. The zero-order chi connectivity index (χ0) is 18.8. The molecule has 0 spiro atoms. The van der Waals surface area contributed by atoms with Crippen molar-refractivity contribution in [3.8, 4) is 17.2 Å². The maximum absolute atomic E-state index is 12.6. The van der Waals surface area contributed by atoms with E-state index >= 15 is 0 Å². The molecular formula is C16H18NO7P. The van der Waals surface area contributed by atoms with Crippen molar-refractivity contribution in [1.29, 1.82) is 0 Å². The number of Topliss-reactive ketones (excluding diaryl/α,β-unsaturated/α-hetero) is 1. The van der Waals surface area contributed by atoms with Crippen LogP contribution in [0.25, 0.3) is 0 Å². The van der Waals surface area contributed by atoms with E-state index in [4.69, 9.17) is 9.79 Å². The van der Waals surface area contributed by atoms with Crippen molar-refractivity contribution in [2.24, 2.45) is 0 Å². The Labute approximate surface area is 143 Å². The van der Waals surface area contributed by atoms with Gasteiger partial charge in [-0.15, -0.1) is 0 Å². The first-order valence-corrected chi connectivity index (χ1v) is 8.90. The van der Waals surface area contributed by atoms with Crippen LogP contribution in [-0.2, 0) is 4.57 Å². The number of benzene rings is 2. The average Bonchev–Trinajstić information content (AvgIpc) is 2.45. The van der Waals surface area contributed by atoms with Crippen LogP contribution < -0.4 is 5.09 Å². The molecule has 0 aromatic heterocycles. The lowest BCUT2D eigenvalue weighted by Gasteiger charge is -2.16. The molecule has 1 atom stereocenters. The Bertz CT molecular complexity index is 829. The minimum atomic E-state index is -4.74. The molecular weight excluding hydrogens is 349 g/mol. The van der Waals surface area contributed by atoms with Crippen LogP contribution in [0.1, 0.15) is 35.2 Å². The highest BCUT2D eigenvalue weighted by Gasteiger charge is 2.24. The fraction of sp³-hybridized carbons (Fsp3) is 0.188. The first-order chi connectivity index (χ1) is 11.6. The number of hydrogen-bond acceptors (Lipinski definition) is 5. The largest absolute Gasteiger partial charge is 0.508 e. The first-order valence-electron chi connectivity index (χ1n) is 7.29. The summed E-state index contributed by atoms with van der Waals surface area (Å²) in [7, 11) is -4.74. The molecule has 6 N–H and O–H groups in total. The summed E-state index contributed by atoms with van der Waals surface area (Å²) in [6.45, 7) is 1.76. The van der Waals surface area contributed by atoms with Gasteiger partial charge in [-0.2, -0.15) is 0 Å². The van der Waals surface area contributed by atoms with Crippen LogP contribution >= 0.6 is 7.75 Å². The summed E-state index contributed by atoms with van der Waals surface area (Å²) < 4.78 is 11.2. The predicted molar refractivity (Wildman–Crippen MR) is 90.9 cm³/mol. The van der Waals surface area contributed by atoms with E-state index in [-0.39, 0.29) is 29.3 Å². The van der Waals surface area contributed by atoms with Gasteiger partial charge in [0.25, 0.3) is 0 Å². The Balaban J connectivity index is 2.31. The monoisotopic (exact) mass is 367 g/mol. The van der Waals surface area contributed by atoms with Gasteiger partial charge in [-0.3, -0.25) is 9.88 Å². The second kappa shape index (κ2) is 7.14. The van der Waals surface area contributed by atoms with Gasteiger partial charge in [0.05, 0.1) is 11.3 Å². The van der Waals surface area contributed by atoms with Crippen LogP contribution in [0.4, 0.5) is 5.69 Å². The quantitative estimate of drug-likeness (QED) is 0.337. The molecule has 2 aromatic carbocycles. The van der Waals surface area contributed by atoms with Crippen LogP contribution in [-0.4, -0.2) is 30.9 Å². The normalized spacial score (nSPS) is 12.6. The van der Waals surface area contributed by atoms with Crippen molar-refractivity contribution in [3.05, 3.63) is 47.5 Å². The lowest BCUT2D eigenvalue weighted by molar-refractivity contribution is 0.0974. The van der Waals surface area contributed by atoms with E-state index in [1.54, 1.807) is 19.1 Å². The van der Waals surface area contributed by atoms with E-state index in [9.17, 15) is 24.7 Å². The van der Waals surface area contributed by atoms with Gasteiger partial charge < -0.3 is 25.1 Å². The molecule has 2 rings (SSSR count). The molecule has 0 saturated heterocycles. The van der Waals surface area contributed by atoms with Gasteiger partial charge >= 0.3 is 7.75 Å². The number of aromatic hydroxyl groups is 3. The molecule has 0 saturated carbocycles. The molecule has 0 heterocycles. The summed E-state index contributed by atoms with van der Waals surface area (Å²) in [4.78, 5) is 30.6. The minimum absolute atomic E-state index is 0.0566. The Morgan fingerprint density at radius 3 is 2.24 bits per heavy atom. The molecule has 2 aromatic rings. The lowest BCUT2D eigenvalue weighted by Crippen LogP contribution is -2.09. The molecule has 0 fully saturated rings. The molecule has 0 aliphatic heterocycles. The Morgan fingerprint density at radius 1 is 1.08 bits per heavy atom. The highest BCUT2D eigenvalue weighted by Crippen LogP contribution is 2.41. The van der Waals surface area contributed by atoms with Gasteiger partial charge in [0.1, 0.15) is 17.2 Å². The number of nitrogens with one attached hydrogen (secondary N) is 1. The second-order valence-electron chi connectivity index (χ2n) is 5.66. The van der Waals surface area contributed by atoms with Gasteiger partial charge in [-0.05, 0) is 23.6 Å². The molecule has 0 bridgehead atoms. The fourth-order valence-electron chi connectivity index (χ4n) is 2.45. The van der Waals surface area contributed by atoms with Crippen molar-refractivity contribution in [3.63, 3.8) is 0 Å². The van der Waals surface area contributed by atoms with Gasteiger partial charge in [-0.25, -0.2) is 4.57 Å². The molecule has 0 aliphatic rings. The number of phenolic OH excluding ortho intramolecular Hbond substituents is 3. The van der Waals surface area contributed by atoms with Crippen LogP contribution in [0.15, 0.2) is 36.4 Å². The predicted octanol–water partition coefficient (Wildman–Crippen LogP) is 2.68. The first kappa shape index (κ1) is 18.8. The number of ketones is 1. The van der Waals surface area contributed by atoms with Crippen LogP contribution in [0.5, 0.6) is 17.2 Å². The summed E-state index contributed by atoms with van der Waals surface area (Å²) in [6.07, 6.45) is -0.0566. The number of carbonyl (C=O) groups is 1. The number of phenols is 3. The molecule has 8 nitrogen and oxygen atoms in total. The van der Waals surface area contributed by atoms with Crippen LogP contribution in [0, 0.1) is 0 Å². The highest BCUT2D eigenvalue weighted by atomic mass is 31.2. The summed E-state index contributed by atoms with van der Waals surface area (Å²) in [5.41, 5.74) is 0.106. The average molecular weight is 367 g/mol. The van der Waals surface area contributed by atoms with E-state index < -0.39 is 25.0 Å². The summed E-state index contributed by atoms with van der Waals surface area (Å²) in [6, 6.07) is 8.14. The highest BCUT2D eigenvalue weighted by molar-refractivity contribution is 7.53. The third-order valence-electron chi connectivity index (χ3n) is 3.60. The number of carbonyl (C=O) groups excluding carboxylic acids is 1. The Kier molecular flexibility index (Phi) is 5.37. The Hall–Kier alpha value is -2.54. The van der Waals surface area contributed by atoms with Gasteiger partial charge in [0.15, 0.2) is 5.78 Å². The van der Waals surface area contributed by atoms with Crippen molar-refractivity contribution < 1.29 is 34.5 Å². The third kappa shape index (κ3) is 4.96. The number of anilines is 1. The summed E-state index contributed by atoms with van der Waals surface area (Å²) in [5.74, 6) is -1.78. The second-order valence-corrected chi connectivity index (χ2v) is 6.97. The third-order valence-corrected chi connectivity index (χ3v) is 4.13. The summed E-state index contributed by atoms with van der Waals surface area (Å²) in [5, 5.41) is 30.6. The molecule has 25 heavy (non-hydrogen) atoms. The zero-order valence-corrected chi connectivity index (χ0v) is 14.1. The zero-order valence-electron chi connectivity index (χ0n) is 13.2. The fourth-order valence-corrected chi connectivity index (χ4v) is 2.94. The minimum Gasteiger partial charge on any atom is -0.508 e. The van der Waals surface area contributed by atoms with Gasteiger partial charge in [0, 0.05) is 18.6 Å². The van der Waals surface area contributed by atoms with E-state index in [1.807, 2.05) is 5.09 Å². The van der Waals surface area contributed by atoms with Crippen LogP contribution in [0.3, 0.4) is 0 Å². The van der Waals surface area contributed by atoms with Crippen molar-refractivity contribution >= 4 is 19.2 Å². The van der Waals surface area contributed by atoms with E-state index in [0.29, 0.717) is 0 Å². The van der Waals surface area contributed by atoms with Crippen molar-refractivity contribution in [2.45, 2.75) is 19.3 Å². The molecule has 134 valence electrons.